The summed E-state index contributed by atoms with van der Waals surface area (Å²) >= 11 is 0. The zero-order valence-corrected chi connectivity index (χ0v) is 15.7. The summed E-state index contributed by atoms with van der Waals surface area (Å²) in [5.41, 5.74) is 0.696. The monoisotopic (exact) mass is 415 g/mol. The van der Waals surface area contributed by atoms with Gasteiger partial charge >= 0.3 is 17.1 Å². The van der Waals surface area contributed by atoms with Gasteiger partial charge in [-0.3, -0.25) is 0 Å². The third-order valence-electron chi connectivity index (χ3n) is 2.87. The molecule has 132 valence electrons. The number of hydrogen-bond acceptors (Lipinski definition) is 2. The standard InChI is InChI=1S/C11H9O2.2C5H5.2Fe/c12-11(9-5-1-2-6-9)13-10-7-3-4-8-10;2*1-2-4-5-3-1;;/h1-8,12H;2*1-5H;;/q3*-1;;+2. The molecule has 4 rings (SSSR count). The van der Waals surface area contributed by atoms with E-state index in [1.54, 1.807) is 24.3 Å². The normalized spacial score (nSPS) is 10.3. The fourth-order valence-corrected chi connectivity index (χ4v) is 1.75. The maximum atomic E-state index is 9.48. The van der Waals surface area contributed by atoms with E-state index in [9.17, 15) is 5.11 Å². The molecule has 0 aliphatic heterocycles. The fourth-order valence-electron chi connectivity index (χ4n) is 1.75. The van der Waals surface area contributed by atoms with E-state index < -0.39 is 0 Å². The van der Waals surface area contributed by atoms with Gasteiger partial charge in [0.1, 0.15) is 0 Å². The predicted molar refractivity (Wildman–Crippen MR) is 94.7 cm³/mol. The number of hydrogen-bond donors (Lipinski definition) is 1. The Bertz CT molecular complexity index is 629. The molecule has 1 aliphatic rings. The second-order valence-corrected chi connectivity index (χ2v) is 4.63. The molecule has 2 nitrogen and oxygen atoms in total. The number of aliphatic hydroxyl groups excluding tert-OH is 1. The van der Waals surface area contributed by atoms with Gasteiger partial charge < -0.3 is 9.84 Å². The molecular formula is C21H19Fe2O2-. The van der Waals surface area contributed by atoms with Crippen molar-refractivity contribution < 1.29 is 44.0 Å². The van der Waals surface area contributed by atoms with Crippen molar-refractivity contribution in [3.8, 4) is 5.75 Å². The summed E-state index contributed by atoms with van der Waals surface area (Å²) in [7, 11) is 0. The minimum atomic E-state index is -0.0591. The van der Waals surface area contributed by atoms with Crippen LogP contribution in [-0.4, -0.2) is 5.11 Å². The van der Waals surface area contributed by atoms with E-state index in [1.807, 2.05) is 84.9 Å². The number of ether oxygens (including phenoxy) is 1. The zero-order chi connectivity index (χ0) is 16.2. The molecule has 0 bridgehead atoms. The van der Waals surface area contributed by atoms with Crippen molar-refractivity contribution in [3.05, 3.63) is 121 Å². The van der Waals surface area contributed by atoms with Gasteiger partial charge in [-0.15, -0.1) is 12.1 Å². The zero-order valence-electron chi connectivity index (χ0n) is 13.5. The van der Waals surface area contributed by atoms with E-state index in [0.29, 0.717) is 11.3 Å². The molecule has 0 aromatic heterocycles. The summed E-state index contributed by atoms with van der Waals surface area (Å²) < 4.78 is 5.17. The largest absolute Gasteiger partial charge is 2.00 e. The van der Waals surface area contributed by atoms with Crippen LogP contribution in [0.2, 0.25) is 0 Å². The van der Waals surface area contributed by atoms with E-state index in [-0.39, 0.29) is 40.1 Å². The first-order chi connectivity index (χ1) is 11.4. The maximum Gasteiger partial charge on any atom is 2.00 e. The molecule has 0 saturated carbocycles. The van der Waals surface area contributed by atoms with Gasteiger partial charge in [-0.25, -0.2) is 24.3 Å². The maximum absolute atomic E-state index is 9.48. The van der Waals surface area contributed by atoms with Gasteiger partial charge in [0.2, 0.25) is 5.95 Å². The summed E-state index contributed by atoms with van der Waals surface area (Å²) in [4.78, 5) is 0. The van der Waals surface area contributed by atoms with Gasteiger partial charge in [0.25, 0.3) is 0 Å². The second-order valence-electron chi connectivity index (χ2n) is 4.63. The SMILES string of the molecule is OC(O[c-]1cccc1)=C1C=CC=C1.[Fe+2].[Fe].c1cc[cH-]c1.c1cc[cH-]c1. The van der Waals surface area contributed by atoms with Gasteiger partial charge in [-0.2, -0.15) is 48.5 Å². The van der Waals surface area contributed by atoms with Crippen LogP contribution < -0.4 is 4.74 Å². The summed E-state index contributed by atoms with van der Waals surface area (Å²) in [5.74, 6) is 0.593. The van der Waals surface area contributed by atoms with E-state index in [2.05, 4.69) is 0 Å². The minimum absolute atomic E-state index is 0. The van der Waals surface area contributed by atoms with Crippen LogP contribution in [-0.2, 0) is 34.1 Å². The average Bonchev–Trinajstić information content (AvgIpc) is 3.41. The minimum Gasteiger partial charge on any atom is -0.523 e. The van der Waals surface area contributed by atoms with Gasteiger partial charge in [0.05, 0.1) is 0 Å². The molecule has 0 heterocycles. The Morgan fingerprint density at radius 1 is 0.800 bits per heavy atom. The molecule has 0 spiro atoms. The third-order valence-corrected chi connectivity index (χ3v) is 2.87. The van der Waals surface area contributed by atoms with Crippen molar-refractivity contribution in [2.24, 2.45) is 0 Å². The molecule has 1 aliphatic carbocycles. The van der Waals surface area contributed by atoms with Gasteiger partial charge in [-0.05, 0) is 0 Å². The molecule has 3 aromatic carbocycles. The summed E-state index contributed by atoms with van der Waals surface area (Å²) in [6.07, 6.45) is 7.27. The Balaban J connectivity index is 0.000000400. The topological polar surface area (TPSA) is 29.5 Å². The van der Waals surface area contributed by atoms with Crippen molar-refractivity contribution in [2.45, 2.75) is 0 Å². The number of allylic oxidation sites excluding steroid dienone is 5. The Kier molecular flexibility index (Phi) is 13.1. The van der Waals surface area contributed by atoms with Crippen LogP contribution in [0.15, 0.2) is 121 Å². The molecule has 4 heteroatoms. The fraction of sp³-hybridized carbons (Fsp3) is 0. The molecule has 0 saturated heterocycles. The van der Waals surface area contributed by atoms with Crippen LogP contribution in [0.1, 0.15) is 0 Å². The molecule has 0 unspecified atom stereocenters. The van der Waals surface area contributed by atoms with Crippen molar-refractivity contribution in [1.29, 1.82) is 0 Å². The van der Waals surface area contributed by atoms with Crippen molar-refractivity contribution in [2.75, 3.05) is 0 Å². The molecule has 0 radical (unpaired) electrons. The molecule has 3 aromatic rings. The van der Waals surface area contributed by atoms with Crippen LogP contribution >= 0.6 is 0 Å². The molecular weight excluding hydrogens is 396 g/mol. The first kappa shape index (κ1) is 22.9. The predicted octanol–water partition coefficient (Wildman–Crippen LogP) is 5.49. The summed E-state index contributed by atoms with van der Waals surface area (Å²) in [6.45, 7) is 0. The van der Waals surface area contributed by atoms with Crippen LogP contribution in [0.3, 0.4) is 0 Å². The molecule has 1 N–H and O–H groups in total. The third kappa shape index (κ3) is 9.71. The Hall–Kier alpha value is -2.09. The summed E-state index contributed by atoms with van der Waals surface area (Å²) in [6, 6.07) is 27.3. The molecule has 0 fully saturated rings. The van der Waals surface area contributed by atoms with E-state index in [4.69, 9.17) is 4.74 Å². The van der Waals surface area contributed by atoms with Crippen LogP contribution in [0, 0.1) is 0 Å². The number of aliphatic hydroxyl groups is 1. The van der Waals surface area contributed by atoms with Crippen molar-refractivity contribution >= 4 is 0 Å². The first-order valence-corrected chi connectivity index (χ1v) is 7.37. The number of rotatable bonds is 2. The Morgan fingerprint density at radius 3 is 1.60 bits per heavy atom. The second kappa shape index (κ2) is 14.3. The molecule has 0 atom stereocenters. The van der Waals surface area contributed by atoms with Crippen LogP contribution in [0.25, 0.3) is 0 Å². The average molecular weight is 415 g/mol. The first-order valence-electron chi connectivity index (χ1n) is 7.37. The van der Waals surface area contributed by atoms with Crippen LogP contribution in [0.4, 0.5) is 0 Å². The molecule has 0 amide bonds. The molecule has 25 heavy (non-hydrogen) atoms. The Labute approximate surface area is 170 Å². The van der Waals surface area contributed by atoms with E-state index >= 15 is 0 Å². The van der Waals surface area contributed by atoms with Crippen LogP contribution in [0.5, 0.6) is 5.75 Å². The summed E-state index contributed by atoms with van der Waals surface area (Å²) in [5, 5.41) is 9.48. The van der Waals surface area contributed by atoms with Crippen molar-refractivity contribution in [3.63, 3.8) is 0 Å². The van der Waals surface area contributed by atoms with Crippen molar-refractivity contribution in [1.82, 2.24) is 0 Å². The Morgan fingerprint density at radius 2 is 1.24 bits per heavy atom. The van der Waals surface area contributed by atoms with Gasteiger partial charge in [0.15, 0.2) is 0 Å². The van der Waals surface area contributed by atoms with Gasteiger partial charge in [-0.1, -0.05) is 24.3 Å². The quantitative estimate of drug-likeness (QED) is 0.341. The van der Waals surface area contributed by atoms with E-state index in [0.717, 1.165) is 0 Å². The smallest absolute Gasteiger partial charge is 0.523 e. The van der Waals surface area contributed by atoms with Gasteiger partial charge in [0, 0.05) is 28.4 Å². The van der Waals surface area contributed by atoms with E-state index in [1.165, 1.54) is 0 Å².